The van der Waals surface area contributed by atoms with Gasteiger partial charge in [-0.15, -0.1) is 24.8 Å². The van der Waals surface area contributed by atoms with Crippen molar-refractivity contribution in [2.24, 2.45) is 5.73 Å². The summed E-state index contributed by atoms with van der Waals surface area (Å²) in [4.78, 5) is 7.57. The summed E-state index contributed by atoms with van der Waals surface area (Å²) in [5.74, 6) is 0.971. The van der Waals surface area contributed by atoms with Crippen LogP contribution < -0.4 is 5.73 Å². The average Bonchev–Trinajstić information content (AvgIpc) is 2.47. The molecule has 0 amide bonds. The van der Waals surface area contributed by atoms with Gasteiger partial charge in [0.1, 0.15) is 5.82 Å². The van der Waals surface area contributed by atoms with Gasteiger partial charge in [-0.2, -0.15) is 0 Å². The molecule has 6 heteroatoms. The van der Waals surface area contributed by atoms with Crippen LogP contribution in [0.25, 0.3) is 11.0 Å². The van der Waals surface area contributed by atoms with Gasteiger partial charge in [0, 0.05) is 6.42 Å². The summed E-state index contributed by atoms with van der Waals surface area (Å²) in [6.07, 6.45) is 0.814. The van der Waals surface area contributed by atoms with Crippen molar-refractivity contribution in [2.45, 2.75) is 6.42 Å². The molecule has 0 bridgehead atoms. The van der Waals surface area contributed by atoms with E-state index in [0.29, 0.717) is 6.54 Å². The third-order valence-electron chi connectivity index (χ3n) is 1.82. The first-order chi connectivity index (χ1) is 5.90. The fraction of sp³-hybridized carbons (Fsp3) is 0.222. The van der Waals surface area contributed by atoms with Gasteiger partial charge in [0.2, 0.25) is 0 Å². The van der Waals surface area contributed by atoms with Crippen LogP contribution >= 0.6 is 24.8 Å². The number of benzene rings is 1. The van der Waals surface area contributed by atoms with E-state index in [-0.39, 0.29) is 30.3 Å². The van der Waals surface area contributed by atoms with Crippen molar-refractivity contribution in [1.82, 2.24) is 9.97 Å². The number of aromatic nitrogens is 2. The second kappa shape index (κ2) is 7.48. The number of rotatable bonds is 2. The monoisotopic (exact) mass is 251 g/mol. The van der Waals surface area contributed by atoms with E-state index in [2.05, 4.69) is 9.97 Å². The zero-order valence-corrected chi connectivity index (χ0v) is 9.70. The van der Waals surface area contributed by atoms with Gasteiger partial charge in [0.05, 0.1) is 11.0 Å². The lowest BCUT2D eigenvalue weighted by atomic mass is 10.3. The Balaban J connectivity index is 0. The van der Waals surface area contributed by atoms with Crippen molar-refractivity contribution in [1.29, 1.82) is 0 Å². The van der Waals surface area contributed by atoms with Crippen molar-refractivity contribution in [3.63, 3.8) is 0 Å². The maximum atomic E-state index is 5.42. The molecule has 0 atom stereocenters. The molecule has 1 heterocycles. The summed E-state index contributed by atoms with van der Waals surface area (Å²) in [5, 5.41) is 0. The average molecular weight is 252 g/mol. The highest BCUT2D eigenvalue weighted by molar-refractivity contribution is 5.85. The molecule has 2 aromatic rings. The molecule has 2 rings (SSSR count). The van der Waals surface area contributed by atoms with Crippen LogP contribution in [-0.2, 0) is 6.42 Å². The minimum Gasteiger partial charge on any atom is -0.412 e. The van der Waals surface area contributed by atoms with Crippen molar-refractivity contribution in [3.05, 3.63) is 30.1 Å². The molecule has 0 spiro atoms. The predicted octanol–water partition coefficient (Wildman–Crippen LogP) is 1.08. The zero-order valence-electron chi connectivity index (χ0n) is 8.06. The van der Waals surface area contributed by atoms with Crippen LogP contribution in [0, 0.1) is 0 Å². The van der Waals surface area contributed by atoms with Crippen LogP contribution in [0.1, 0.15) is 5.82 Å². The Labute approximate surface area is 100 Å². The Morgan fingerprint density at radius 3 is 2.47 bits per heavy atom. The lowest BCUT2D eigenvalue weighted by molar-refractivity contribution is 0.824. The largest absolute Gasteiger partial charge is 0.412 e. The predicted molar refractivity (Wildman–Crippen MR) is 67.0 cm³/mol. The van der Waals surface area contributed by atoms with Crippen molar-refractivity contribution in [2.75, 3.05) is 6.54 Å². The summed E-state index contributed by atoms with van der Waals surface area (Å²) in [5.41, 5.74) is 7.52. The van der Waals surface area contributed by atoms with Crippen molar-refractivity contribution < 1.29 is 5.48 Å². The van der Waals surface area contributed by atoms with Crippen molar-refractivity contribution in [3.8, 4) is 0 Å². The molecule has 5 N–H and O–H groups in total. The number of aromatic amines is 1. The summed E-state index contributed by atoms with van der Waals surface area (Å²) in [6, 6.07) is 7.98. The fourth-order valence-corrected chi connectivity index (χ4v) is 1.26. The third kappa shape index (κ3) is 3.68. The first-order valence-corrected chi connectivity index (χ1v) is 4.04. The Morgan fingerprint density at radius 2 is 1.87 bits per heavy atom. The molecule has 86 valence electrons. The second-order valence-corrected chi connectivity index (χ2v) is 2.74. The molecule has 15 heavy (non-hydrogen) atoms. The number of nitrogens with two attached hydrogens (primary N) is 1. The third-order valence-corrected chi connectivity index (χ3v) is 1.82. The minimum atomic E-state index is 0. The van der Waals surface area contributed by atoms with E-state index < -0.39 is 0 Å². The van der Waals surface area contributed by atoms with E-state index >= 15 is 0 Å². The van der Waals surface area contributed by atoms with Gasteiger partial charge >= 0.3 is 0 Å². The van der Waals surface area contributed by atoms with Crippen LogP contribution in [0.5, 0.6) is 0 Å². The normalized spacial score (nSPS) is 8.60. The molecule has 4 nitrogen and oxygen atoms in total. The Kier molecular flexibility index (Phi) is 8.28. The topological polar surface area (TPSA) is 86.2 Å². The SMILES string of the molecule is Cl.Cl.NCCc1nc2ccccc2[nH]1.O. The lowest BCUT2D eigenvalue weighted by Gasteiger charge is -1.87. The van der Waals surface area contributed by atoms with E-state index in [1.807, 2.05) is 24.3 Å². The van der Waals surface area contributed by atoms with Gasteiger partial charge in [0.25, 0.3) is 0 Å². The van der Waals surface area contributed by atoms with Gasteiger partial charge < -0.3 is 16.2 Å². The van der Waals surface area contributed by atoms with Crippen LogP contribution in [0.3, 0.4) is 0 Å². The first kappa shape index (κ1) is 16.6. The molecule has 0 unspecified atom stereocenters. The first-order valence-electron chi connectivity index (χ1n) is 4.04. The van der Waals surface area contributed by atoms with E-state index in [1.165, 1.54) is 0 Å². The van der Waals surface area contributed by atoms with E-state index in [0.717, 1.165) is 23.3 Å². The summed E-state index contributed by atoms with van der Waals surface area (Å²) >= 11 is 0. The quantitative estimate of drug-likeness (QED) is 0.837. The molecule has 0 saturated heterocycles. The Hall–Kier alpha value is -0.810. The number of hydrogen-bond acceptors (Lipinski definition) is 2. The van der Waals surface area contributed by atoms with E-state index in [4.69, 9.17) is 5.73 Å². The molecular weight excluding hydrogens is 237 g/mol. The summed E-state index contributed by atoms with van der Waals surface area (Å²) in [6.45, 7) is 0.639. The summed E-state index contributed by atoms with van der Waals surface area (Å²) in [7, 11) is 0. The Morgan fingerprint density at radius 1 is 1.20 bits per heavy atom. The highest BCUT2D eigenvalue weighted by Gasteiger charge is 1.98. The highest BCUT2D eigenvalue weighted by Crippen LogP contribution is 2.09. The number of fused-ring (bicyclic) bond motifs is 1. The lowest BCUT2D eigenvalue weighted by Crippen LogP contribution is -2.03. The van der Waals surface area contributed by atoms with Gasteiger partial charge in [-0.05, 0) is 18.7 Å². The van der Waals surface area contributed by atoms with Crippen molar-refractivity contribution >= 4 is 35.8 Å². The van der Waals surface area contributed by atoms with Crippen LogP contribution in [0.2, 0.25) is 0 Å². The molecule has 0 aliphatic carbocycles. The molecule has 0 fully saturated rings. The van der Waals surface area contributed by atoms with Crippen LogP contribution in [0.15, 0.2) is 24.3 Å². The number of halogens is 2. The Bertz CT molecular complexity index is 358. The fourth-order valence-electron chi connectivity index (χ4n) is 1.26. The molecule has 0 saturated carbocycles. The maximum Gasteiger partial charge on any atom is 0.108 e. The number of nitrogens with zero attached hydrogens (tertiary/aromatic N) is 1. The minimum absolute atomic E-state index is 0. The molecular formula is C9H15Cl2N3O. The van der Waals surface area contributed by atoms with E-state index in [9.17, 15) is 0 Å². The van der Waals surface area contributed by atoms with Crippen LogP contribution in [0.4, 0.5) is 0 Å². The molecule has 0 aliphatic rings. The van der Waals surface area contributed by atoms with E-state index in [1.54, 1.807) is 0 Å². The highest BCUT2D eigenvalue weighted by atomic mass is 35.5. The second-order valence-electron chi connectivity index (χ2n) is 2.74. The summed E-state index contributed by atoms with van der Waals surface area (Å²) < 4.78 is 0. The molecule has 0 radical (unpaired) electrons. The van der Waals surface area contributed by atoms with Gasteiger partial charge in [-0.1, -0.05) is 12.1 Å². The van der Waals surface area contributed by atoms with Gasteiger partial charge in [-0.3, -0.25) is 0 Å². The van der Waals surface area contributed by atoms with Gasteiger partial charge in [-0.25, -0.2) is 4.98 Å². The van der Waals surface area contributed by atoms with Crippen LogP contribution in [-0.4, -0.2) is 22.0 Å². The molecule has 1 aromatic heterocycles. The molecule has 1 aromatic carbocycles. The molecule has 0 aliphatic heterocycles. The number of H-pyrrole nitrogens is 1. The van der Waals surface area contributed by atoms with Gasteiger partial charge in [0.15, 0.2) is 0 Å². The number of para-hydroxylation sites is 2. The standard InChI is InChI=1S/C9H11N3.2ClH.H2O/c10-6-5-9-11-7-3-1-2-4-8(7)12-9;;;/h1-4H,5-6,10H2,(H,11,12);2*1H;1H2. The smallest absolute Gasteiger partial charge is 0.108 e. The zero-order chi connectivity index (χ0) is 8.39. The number of nitrogens with one attached hydrogen (secondary N) is 1. The maximum absolute atomic E-state index is 5.42. The number of hydrogen-bond donors (Lipinski definition) is 2. The number of imidazole rings is 1.